The standard InChI is InChI=1S/C14H21N3S/c1-9-4-3-5-10(6-9)13-16-12-8-18-7-11(12)14(15-2)17-13/h9-10H,3-8H2,1-2H3,(H,15,16,17). The van der Waals surface area contributed by atoms with Gasteiger partial charge in [-0.3, -0.25) is 0 Å². The third-order valence-corrected chi connectivity index (χ3v) is 5.10. The highest BCUT2D eigenvalue weighted by atomic mass is 32.2. The third kappa shape index (κ3) is 2.22. The zero-order chi connectivity index (χ0) is 12.5. The van der Waals surface area contributed by atoms with E-state index < -0.39 is 0 Å². The van der Waals surface area contributed by atoms with Crippen molar-refractivity contribution in [3.63, 3.8) is 0 Å². The molecule has 3 rings (SSSR count). The van der Waals surface area contributed by atoms with Crippen molar-refractivity contribution in [1.82, 2.24) is 9.97 Å². The molecule has 1 aromatic rings. The smallest absolute Gasteiger partial charge is 0.134 e. The summed E-state index contributed by atoms with van der Waals surface area (Å²) in [5.41, 5.74) is 2.60. The van der Waals surface area contributed by atoms with E-state index in [4.69, 9.17) is 9.97 Å². The zero-order valence-corrected chi connectivity index (χ0v) is 12.0. The van der Waals surface area contributed by atoms with Gasteiger partial charge < -0.3 is 5.32 Å². The van der Waals surface area contributed by atoms with Crippen molar-refractivity contribution in [1.29, 1.82) is 0 Å². The topological polar surface area (TPSA) is 37.8 Å². The maximum Gasteiger partial charge on any atom is 0.134 e. The average molecular weight is 263 g/mol. The summed E-state index contributed by atoms with van der Waals surface area (Å²) in [5.74, 6) is 5.68. The summed E-state index contributed by atoms with van der Waals surface area (Å²) in [6, 6.07) is 0. The highest BCUT2D eigenvalue weighted by Crippen LogP contribution is 2.38. The van der Waals surface area contributed by atoms with Gasteiger partial charge in [-0.2, -0.15) is 11.8 Å². The molecule has 2 atom stereocenters. The normalized spacial score (nSPS) is 27.0. The van der Waals surface area contributed by atoms with Crippen LogP contribution in [0.3, 0.4) is 0 Å². The SMILES string of the molecule is CNc1nc(C2CCCC(C)C2)nc2c1CSC2. The van der Waals surface area contributed by atoms with Crippen LogP contribution in [0.5, 0.6) is 0 Å². The summed E-state index contributed by atoms with van der Waals surface area (Å²) in [6.07, 6.45) is 5.22. The predicted octanol–water partition coefficient (Wildman–Crippen LogP) is 3.56. The lowest BCUT2D eigenvalue weighted by Crippen LogP contribution is -2.16. The first-order valence-electron chi connectivity index (χ1n) is 6.93. The second-order valence-corrected chi connectivity index (χ2v) is 6.55. The van der Waals surface area contributed by atoms with Crippen LogP contribution in [0.1, 0.15) is 55.6 Å². The summed E-state index contributed by atoms with van der Waals surface area (Å²) in [6.45, 7) is 2.36. The van der Waals surface area contributed by atoms with Gasteiger partial charge in [-0.15, -0.1) is 0 Å². The van der Waals surface area contributed by atoms with Gasteiger partial charge in [0.15, 0.2) is 0 Å². The number of nitrogens with one attached hydrogen (secondary N) is 1. The van der Waals surface area contributed by atoms with Crippen molar-refractivity contribution in [2.45, 2.75) is 50.0 Å². The van der Waals surface area contributed by atoms with E-state index in [-0.39, 0.29) is 0 Å². The second-order valence-electron chi connectivity index (χ2n) is 5.57. The molecule has 2 unspecified atom stereocenters. The van der Waals surface area contributed by atoms with Crippen LogP contribution in [0, 0.1) is 5.92 Å². The number of hydrogen-bond donors (Lipinski definition) is 1. The molecule has 1 aliphatic carbocycles. The van der Waals surface area contributed by atoms with E-state index in [1.165, 1.54) is 36.9 Å². The molecule has 1 aliphatic heterocycles. The first kappa shape index (κ1) is 12.3. The Labute approximate surface area is 113 Å². The Morgan fingerprint density at radius 2 is 2.11 bits per heavy atom. The summed E-state index contributed by atoms with van der Waals surface area (Å²) in [4.78, 5) is 9.63. The van der Waals surface area contributed by atoms with Crippen molar-refractivity contribution in [2.24, 2.45) is 5.92 Å². The van der Waals surface area contributed by atoms with Crippen molar-refractivity contribution in [3.8, 4) is 0 Å². The maximum atomic E-state index is 4.85. The van der Waals surface area contributed by atoms with Gasteiger partial charge in [-0.25, -0.2) is 9.97 Å². The van der Waals surface area contributed by atoms with Gasteiger partial charge in [-0.05, 0) is 18.8 Å². The fourth-order valence-corrected chi connectivity index (χ4v) is 4.17. The van der Waals surface area contributed by atoms with E-state index in [9.17, 15) is 0 Å². The van der Waals surface area contributed by atoms with Crippen LogP contribution in [0.25, 0.3) is 0 Å². The monoisotopic (exact) mass is 263 g/mol. The van der Waals surface area contributed by atoms with Crippen LogP contribution in [0.4, 0.5) is 5.82 Å². The number of fused-ring (bicyclic) bond motifs is 1. The van der Waals surface area contributed by atoms with Crippen LogP contribution in [0.2, 0.25) is 0 Å². The third-order valence-electron chi connectivity index (χ3n) is 4.13. The number of hydrogen-bond acceptors (Lipinski definition) is 4. The molecule has 98 valence electrons. The van der Waals surface area contributed by atoms with Gasteiger partial charge >= 0.3 is 0 Å². The van der Waals surface area contributed by atoms with E-state index >= 15 is 0 Å². The van der Waals surface area contributed by atoms with Crippen LogP contribution in [-0.2, 0) is 11.5 Å². The molecule has 0 saturated heterocycles. The van der Waals surface area contributed by atoms with Crippen LogP contribution in [-0.4, -0.2) is 17.0 Å². The average Bonchev–Trinajstić information content (AvgIpc) is 2.85. The Morgan fingerprint density at radius 3 is 2.89 bits per heavy atom. The fourth-order valence-electron chi connectivity index (χ4n) is 3.13. The molecule has 1 fully saturated rings. The molecule has 0 bridgehead atoms. The van der Waals surface area contributed by atoms with Crippen molar-refractivity contribution >= 4 is 17.6 Å². The summed E-state index contributed by atoms with van der Waals surface area (Å²) >= 11 is 1.95. The Kier molecular flexibility index (Phi) is 3.46. The molecule has 4 heteroatoms. The molecule has 1 aromatic heterocycles. The molecule has 2 aliphatic rings. The second kappa shape index (κ2) is 5.08. The molecule has 1 saturated carbocycles. The number of anilines is 1. The summed E-state index contributed by atoms with van der Waals surface area (Å²) in [7, 11) is 1.97. The molecule has 1 N–H and O–H groups in total. The lowest BCUT2D eigenvalue weighted by atomic mass is 9.82. The number of aromatic nitrogens is 2. The molecular formula is C14H21N3S. The fraction of sp³-hybridized carbons (Fsp3) is 0.714. The van der Waals surface area contributed by atoms with Gasteiger partial charge in [0, 0.05) is 30.0 Å². The van der Waals surface area contributed by atoms with Gasteiger partial charge in [-0.1, -0.05) is 19.8 Å². The zero-order valence-electron chi connectivity index (χ0n) is 11.2. The van der Waals surface area contributed by atoms with Crippen LogP contribution < -0.4 is 5.32 Å². The van der Waals surface area contributed by atoms with Gasteiger partial charge in [0.25, 0.3) is 0 Å². The molecule has 18 heavy (non-hydrogen) atoms. The Hall–Kier alpha value is -0.770. The van der Waals surface area contributed by atoms with Crippen LogP contribution in [0.15, 0.2) is 0 Å². The van der Waals surface area contributed by atoms with Crippen molar-refractivity contribution in [2.75, 3.05) is 12.4 Å². The van der Waals surface area contributed by atoms with Gasteiger partial charge in [0.2, 0.25) is 0 Å². The Balaban J connectivity index is 1.92. The number of thioether (sulfide) groups is 1. The number of rotatable bonds is 2. The van der Waals surface area contributed by atoms with Crippen molar-refractivity contribution in [3.05, 3.63) is 17.1 Å². The van der Waals surface area contributed by atoms with Gasteiger partial charge in [0.05, 0.1) is 5.69 Å². The minimum atomic E-state index is 0.580. The Morgan fingerprint density at radius 1 is 1.22 bits per heavy atom. The highest BCUT2D eigenvalue weighted by Gasteiger charge is 2.26. The minimum absolute atomic E-state index is 0.580. The van der Waals surface area contributed by atoms with Crippen LogP contribution >= 0.6 is 11.8 Å². The van der Waals surface area contributed by atoms with E-state index in [2.05, 4.69) is 12.2 Å². The molecule has 0 aromatic carbocycles. The first-order valence-corrected chi connectivity index (χ1v) is 8.08. The molecule has 2 heterocycles. The highest BCUT2D eigenvalue weighted by molar-refractivity contribution is 7.98. The number of nitrogens with zero attached hydrogens (tertiary/aromatic N) is 2. The lowest BCUT2D eigenvalue weighted by Gasteiger charge is -2.26. The molecule has 0 spiro atoms. The quantitative estimate of drug-likeness (QED) is 0.885. The minimum Gasteiger partial charge on any atom is -0.373 e. The maximum absolute atomic E-state index is 4.85. The largest absolute Gasteiger partial charge is 0.373 e. The van der Waals surface area contributed by atoms with Crippen molar-refractivity contribution < 1.29 is 0 Å². The predicted molar refractivity (Wildman–Crippen MR) is 77.0 cm³/mol. The van der Waals surface area contributed by atoms with Gasteiger partial charge in [0.1, 0.15) is 11.6 Å². The summed E-state index contributed by atoms with van der Waals surface area (Å²) < 4.78 is 0. The lowest BCUT2D eigenvalue weighted by molar-refractivity contribution is 0.335. The molecular weight excluding hydrogens is 242 g/mol. The molecule has 0 radical (unpaired) electrons. The molecule has 3 nitrogen and oxygen atoms in total. The van der Waals surface area contributed by atoms with E-state index in [0.717, 1.165) is 29.1 Å². The van der Waals surface area contributed by atoms with E-state index in [1.54, 1.807) is 0 Å². The summed E-state index contributed by atoms with van der Waals surface area (Å²) in [5, 5.41) is 3.25. The van der Waals surface area contributed by atoms with E-state index in [1.807, 2.05) is 18.8 Å². The molecule has 0 amide bonds. The first-order chi connectivity index (χ1) is 8.78. The van der Waals surface area contributed by atoms with E-state index in [0.29, 0.717) is 5.92 Å². The Bertz CT molecular complexity index is 447.